The zero-order valence-corrected chi connectivity index (χ0v) is 14.7. The van der Waals surface area contributed by atoms with Gasteiger partial charge in [-0.05, 0) is 37.8 Å². The van der Waals surface area contributed by atoms with E-state index in [9.17, 15) is 0 Å². The molecule has 0 bridgehead atoms. The topological polar surface area (TPSA) is 24.9 Å². The lowest BCUT2D eigenvalue weighted by Gasteiger charge is -2.40. The Bertz CT molecular complexity index is 487. The molecule has 1 aromatic heterocycles. The van der Waals surface area contributed by atoms with Gasteiger partial charge in [-0.15, -0.1) is 11.3 Å². The number of hydrogen-bond donors (Lipinski definition) is 0. The Kier molecular flexibility index (Phi) is 5.31. The van der Waals surface area contributed by atoms with Crippen LogP contribution in [0.2, 0.25) is 0 Å². The van der Waals surface area contributed by atoms with E-state index in [2.05, 4.69) is 21.9 Å². The number of hydrogen-bond acceptors (Lipinski definition) is 5. The summed E-state index contributed by atoms with van der Waals surface area (Å²) in [5.74, 6) is 0. The fourth-order valence-corrected chi connectivity index (χ4v) is 5.15. The van der Waals surface area contributed by atoms with Crippen molar-refractivity contribution >= 4 is 11.3 Å². The van der Waals surface area contributed by atoms with Gasteiger partial charge in [0.1, 0.15) is 0 Å². The summed E-state index contributed by atoms with van der Waals surface area (Å²) in [7, 11) is 0. The van der Waals surface area contributed by atoms with Gasteiger partial charge in [0.05, 0.1) is 6.10 Å². The van der Waals surface area contributed by atoms with Crippen LogP contribution in [0.5, 0.6) is 0 Å². The minimum atomic E-state index is 0.374. The standard InChI is InChI=1S/C18H28N2O2S/c1-2-17(22-11-1)18-4-3-16(23-18)14-19-7-9-20(10-8-19)15-5-12-21-13-6-15/h3-4,15,17H,1-2,5-14H2/t17-/m1/s1. The quantitative estimate of drug-likeness (QED) is 0.844. The molecular formula is C18H28N2O2S. The zero-order valence-electron chi connectivity index (χ0n) is 13.9. The minimum Gasteiger partial charge on any atom is -0.381 e. The molecule has 0 unspecified atom stereocenters. The summed E-state index contributed by atoms with van der Waals surface area (Å²) in [5.41, 5.74) is 0. The van der Waals surface area contributed by atoms with E-state index >= 15 is 0 Å². The molecule has 0 spiro atoms. The molecule has 4 heterocycles. The molecule has 3 saturated heterocycles. The van der Waals surface area contributed by atoms with Crippen LogP contribution >= 0.6 is 11.3 Å². The molecule has 0 N–H and O–H groups in total. The van der Waals surface area contributed by atoms with Crippen LogP contribution in [0.3, 0.4) is 0 Å². The Balaban J connectivity index is 1.26. The average molecular weight is 337 g/mol. The molecule has 23 heavy (non-hydrogen) atoms. The van der Waals surface area contributed by atoms with E-state index in [0.717, 1.165) is 32.4 Å². The van der Waals surface area contributed by atoms with E-state index in [1.54, 1.807) is 0 Å². The van der Waals surface area contributed by atoms with Crippen molar-refractivity contribution in [2.45, 2.75) is 44.4 Å². The van der Waals surface area contributed by atoms with Crippen LogP contribution < -0.4 is 0 Å². The highest BCUT2D eigenvalue weighted by molar-refractivity contribution is 7.12. The van der Waals surface area contributed by atoms with Gasteiger partial charge in [0, 0.05) is 68.3 Å². The monoisotopic (exact) mass is 336 g/mol. The molecule has 3 fully saturated rings. The summed E-state index contributed by atoms with van der Waals surface area (Å²) in [6.07, 6.45) is 5.22. The van der Waals surface area contributed by atoms with Gasteiger partial charge in [0.2, 0.25) is 0 Å². The SMILES string of the molecule is c1cc([C@H]2CCCO2)sc1CN1CCN(C2CCOCC2)CC1. The molecule has 5 heteroatoms. The Morgan fingerprint density at radius 2 is 1.83 bits per heavy atom. The van der Waals surface area contributed by atoms with Crippen LogP contribution in [0.25, 0.3) is 0 Å². The number of ether oxygens (including phenoxy) is 2. The van der Waals surface area contributed by atoms with Crippen LogP contribution in [-0.2, 0) is 16.0 Å². The van der Waals surface area contributed by atoms with Crippen molar-refractivity contribution in [2.75, 3.05) is 46.0 Å². The first-order valence-corrected chi connectivity index (χ1v) is 9.94. The van der Waals surface area contributed by atoms with E-state index in [-0.39, 0.29) is 0 Å². The van der Waals surface area contributed by atoms with E-state index in [1.165, 1.54) is 61.6 Å². The largest absolute Gasteiger partial charge is 0.381 e. The molecule has 1 atom stereocenters. The second kappa shape index (κ2) is 7.62. The van der Waals surface area contributed by atoms with Crippen molar-refractivity contribution in [1.82, 2.24) is 9.80 Å². The summed E-state index contributed by atoms with van der Waals surface area (Å²) < 4.78 is 11.3. The summed E-state index contributed by atoms with van der Waals surface area (Å²) >= 11 is 1.96. The first-order valence-electron chi connectivity index (χ1n) is 9.13. The van der Waals surface area contributed by atoms with Crippen molar-refractivity contribution in [3.63, 3.8) is 0 Å². The third-order valence-electron chi connectivity index (χ3n) is 5.42. The fourth-order valence-electron chi connectivity index (χ4n) is 4.01. The highest BCUT2D eigenvalue weighted by Crippen LogP contribution is 2.33. The second-order valence-electron chi connectivity index (χ2n) is 6.96. The van der Waals surface area contributed by atoms with Crippen LogP contribution in [0.15, 0.2) is 12.1 Å². The van der Waals surface area contributed by atoms with Crippen molar-refractivity contribution in [3.8, 4) is 0 Å². The maximum Gasteiger partial charge on any atom is 0.0917 e. The summed E-state index contributed by atoms with van der Waals surface area (Å²) in [6, 6.07) is 5.36. The third-order valence-corrected chi connectivity index (χ3v) is 6.59. The molecule has 0 aromatic carbocycles. The Labute approximate surface area is 143 Å². The van der Waals surface area contributed by atoms with Crippen LogP contribution in [0.4, 0.5) is 0 Å². The van der Waals surface area contributed by atoms with E-state index < -0.39 is 0 Å². The molecule has 0 saturated carbocycles. The van der Waals surface area contributed by atoms with Gasteiger partial charge in [-0.3, -0.25) is 9.80 Å². The zero-order chi connectivity index (χ0) is 15.5. The van der Waals surface area contributed by atoms with E-state index in [0.29, 0.717) is 6.10 Å². The third kappa shape index (κ3) is 3.97. The smallest absolute Gasteiger partial charge is 0.0917 e. The molecule has 0 aliphatic carbocycles. The lowest BCUT2D eigenvalue weighted by atomic mass is 10.1. The van der Waals surface area contributed by atoms with Gasteiger partial charge in [-0.1, -0.05) is 0 Å². The highest BCUT2D eigenvalue weighted by atomic mass is 32.1. The van der Waals surface area contributed by atoms with Crippen molar-refractivity contribution in [3.05, 3.63) is 21.9 Å². The summed E-state index contributed by atoms with van der Waals surface area (Å²) in [6.45, 7) is 8.78. The Morgan fingerprint density at radius 1 is 1.00 bits per heavy atom. The maximum atomic E-state index is 5.80. The Morgan fingerprint density at radius 3 is 2.57 bits per heavy atom. The molecule has 1 aromatic rings. The molecule has 0 radical (unpaired) electrons. The van der Waals surface area contributed by atoms with Gasteiger partial charge < -0.3 is 9.47 Å². The normalized spacial score (nSPS) is 28.4. The van der Waals surface area contributed by atoms with Gasteiger partial charge in [-0.25, -0.2) is 0 Å². The minimum absolute atomic E-state index is 0.374. The first kappa shape index (κ1) is 16.0. The lowest BCUT2D eigenvalue weighted by molar-refractivity contribution is 0.0127. The van der Waals surface area contributed by atoms with Crippen LogP contribution in [0.1, 0.15) is 41.5 Å². The summed E-state index contributed by atoms with van der Waals surface area (Å²) in [5, 5.41) is 0. The number of rotatable bonds is 4. The summed E-state index contributed by atoms with van der Waals surface area (Å²) in [4.78, 5) is 8.22. The lowest BCUT2D eigenvalue weighted by Crippen LogP contribution is -2.51. The van der Waals surface area contributed by atoms with Crippen LogP contribution in [-0.4, -0.2) is 61.8 Å². The van der Waals surface area contributed by atoms with Gasteiger partial charge in [0.15, 0.2) is 0 Å². The molecule has 128 valence electrons. The maximum absolute atomic E-state index is 5.80. The fraction of sp³-hybridized carbons (Fsp3) is 0.778. The first-order chi connectivity index (χ1) is 11.4. The van der Waals surface area contributed by atoms with Gasteiger partial charge in [-0.2, -0.15) is 0 Å². The predicted octanol–water partition coefficient (Wildman–Crippen LogP) is 2.90. The molecular weight excluding hydrogens is 308 g/mol. The average Bonchev–Trinajstić information content (AvgIpc) is 3.28. The van der Waals surface area contributed by atoms with Crippen molar-refractivity contribution in [1.29, 1.82) is 0 Å². The van der Waals surface area contributed by atoms with E-state index in [1.807, 2.05) is 11.3 Å². The van der Waals surface area contributed by atoms with Crippen molar-refractivity contribution < 1.29 is 9.47 Å². The highest BCUT2D eigenvalue weighted by Gasteiger charge is 2.26. The van der Waals surface area contributed by atoms with Crippen LogP contribution in [0, 0.1) is 0 Å². The van der Waals surface area contributed by atoms with Crippen molar-refractivity contribution in [2.24, 2.45) is 0 Å². The predicted molar refractivity (Wildman–Crippen MR) is 92.9 cm³/mol. The molecule has 4 rings (SSSR count). The second-order valence-corrected chi connectivity index (χ2v) is 8.16. The number of thiophene rings is 1. The Hall–Kier alpha value is -0.460. The van der Waals surface area contributed by atoms with Gasteiger partial charge >= 0.3 is 0 Å². The number of nitrogens with zero attached hydrogens (tertiary/aromatic N) is 2. The van der Waals surface area contributed by atoms with Gasteiger partial charge in [0.25, 0.3) is 0 Å². The molecule has 3 aliphatic rings. The number of piperazine rings is 1. The molecule has 3 aliphatic heterocycles. The molecule has 0 amide bonds. The van der Waals surface area contributed by atoms with E-state index in [4.69, 9.17) is 9.47 Å². The molecule has 4 nitrogen and oxygen atoms in total.